The largest absolute Gasteiger partial charge is 0.321 e. The van der Waals surface area contributed by atoms with Crippen molar-refractivity contribution in [1.29, 1.82) is 0 Å². The number of benzene rings is 1. The number of carbonyl (C=O) groups excluding carboxylic acids is 1. The minimum atomic E-state index is -0.503. The number of nitrogens with two attached hydrogens (primary N) is 1. The van der Waals surface area contributed by atoms with Crippen LogP contribution >= 0.6 is 11.3 Å². The van der Waals surface area contributed by atoms with Gasteiger partial charge in [-0.2, -0.15) is 0 Å². The predicted octanol–water partition coefficient (Wildman–Crippen LogP) is 1.88. The van der Waals surface area contributed by atoms with Gasteiger partial charge in [-0.1, -0.05) is 24.3 Å². The lowest BCUT2D eigenvalue weighted by Crippen LogP contribution is -2.23. The molecule has 0 amide bonds. The van der Waals surface area contributed by atoms with Gasteiger partial charge in [0.15, 0.2) is 0 Å². The van der Waals surface area contributed by atoms with Crippen LogP contribution < -0.4 is 5.73 Å². The Bertz CT molecular complexity index is 449. The van der Waals surface area contributed by atoms with Crippen molar-refractivity contribution in [3.63, 3.8) is 0 Å². The van der Waals surface area contributed by atoms with Gasteiger partial charge in [-0.25, -0.2) is 0 Å². The highest BCUT2D eigenvalue weighted by Crippen LogP contribution is 2.26. The van der Waals surface area contributed by atoms with Crippen LogP contribution in [-0.4, -0.2) is 12.3 Å². The van der Waals surface area contributed by atoms with Crippen molar-refractivity contribution >= 4 is 28.4 Å². The quantitative estimate of drug-likeness (QED) is 0.829. The van der Waals surface area contributed by atoms with Crippen molar-refractivity contribution in [2.75, 3.05) is 0 Å². The Morgan fingerprint density at radius 2 is 2.21 bits per heavy atom. The van der Waals surface area contributed by atoms with Crippen LogP contribution in [0, 0.1) is 0 Å². The summed E-state index contributed by atoms with van der Waals surface area (Å²) in [6.45, 7) is 0. The molecule has 1 atom stereocenters. The molecule has 2 rings (SSSR count). The van der Waals surface area contributed by atoms with Gasteiger partial charge in [0.25, 0.3) is 0 Å². The standard InChI is InChI=1S/C11H10NOS/c12-9(6-13)5-11-10-4-2-1-3-8(10)7-14-11/h1-4,7,9H,5,12H2/t9-/m1/s1. The smallest absolute Gasteiger partial charge is 0.217 e. The van der Waals surface area contributed by atoms with Crippen LogP contribution in [-0.2, 0) is 11.2 Å². The first-order valence-electron chi connectivity index (χ1n) is 4.39. The molecule has 0 aliphatic heterocycles. The second-order valence-corrected chi connectivity index (χ2v) is 4.14. The SMILES string of the molecule is N[C@@H]([C]=O)Cc1scc2ccccc12. The van der Waals surface area contributed by atoms with E-state index < -0.39 is 6.04 Å². The average Bonchev–Trinajstić information content (AvgIpc) is 2.62. The summed E-state index contributed by atoms with van der Waals surface area (Å²) in [5, 5.41) is 4.50. The minimum absolute atomic E-state index is 0.503. The van der Waals surface area contributed by atoms with E-state index in [1.54, 1.807) is 17.6 Å². The zero-order chi connectivity index (χ0) is 9.97. The fraction of sp³-hybridized carbons (Fsp3) is 0.182. The first-order valence-corrected chi connectivity index (χ1v) is 5.27. The van der Waals surface area contributed by atoms with Crippen LogP contribution in [0.25, 0.3) is 10.8 Å². The molecule has 1 radical (unpaired) electrons. The van der Waals surface area contributed by atoms with E-state index in [0.29, 0.717) is 6.42 Å². The molecule has 3 heteroatoms. The van der Waals surface area contributed by atoms with E-state index in [2.05, 4.69) is 17.5 Å². The van der Waals surface area contributed by atoms with Gasteiger partial charge in [-0.15, -0.1) is 11.3 Å². The normalized spacial score (nSPS) is 12.9. The van der Waals surface area contributed by atoms with Crippen LogP contribution in [0.3, 0.4) is 0 Å². The van der Waals surface area contributed by atoms with Gasteiger partial charge in [-0.3, -0.25) is 4.79 Å². The second-order valence-electron chi connectivity index (χ2n) is 3.17. The van der Waals surface area contributed by atoms with E-state index in [1.807, 2.05) is 12.1 Å². The van der Waals surface area contributed by atoms with Gasteiger partial charge in [0, 0.05) is 11.3 Å². The molecule has 1 heterocycles. The Labute approximate surface area is 86.3 Å². The first-order chi connectivity index (χ1) is 6.81. The zero-order valence-corrected chi connectivity index (χ0v) is 8.38. The molecule has 0 saturated carbocycles. The monoisotopic (exact) mass is 204 g/mol. The summed E-state index contributed by atoms with van der Waals surface area (Å²) in [5.74, 6) is 0. The van der Waals surface area contributed by atoms with Crippen molar-refractivity contribution in [1.82, 2.24) is 0 Å². The summed E-state index contributed by atoms with van der Waals surface area (Å²) in [4.78, 5) is 11.5. The van der Waals surface area contributed by atoms with Gasteiger partial charge in [0.05, 0.1) is 6.04 Å². The van der Waals surface area contributed by atoms with Crippen LogP contribution in [0.1, 0.15) is 4.88 Å². The Hall–Kier alpha value is -1.19. The summed E-state index contributed by atoms with van der Waals surface area (Å²) < 4.78 is 0. The van der Waals surface area contributed by atoms with E-state index in [0.717, 1.165) is 4.88 Å². The summed E-state index contributed by atoms with van der Waals surface area (Å²) in [6.07, 6.45) is 2.39. The molecular formula is C11H10NOS. The van der Waals surface area contributed by atoms with Gasteiger partial charge < -0.3 is 5.73 Å². The van der Waals surface area contributed by atoms with Crippen molar-refractivity contribution in [2.45, 2.75) is 12.5 Å². The molecular weight excluding hydrogens is 194 g/mol. The maximum Gasteiger partial charge on any atom is 0.217 e. The Kier molecular flexibility index (Phi) is 2.61. The Morgan fingerprint density at radius 1 is 1.43 bits per heavy atom. The first kappa shape index (κ1) is 9.37. The van der Waals surface area contributed by atoms with Gasteiger partial charge in [0.2, 0.25) is 6.29 Å². The molecule has 1 aromatic heterocycles. The average molecular weight is 204 g/mol. The molecule has 0 aliphatic rings. The number of hydrogen-bond donors (Lipinski definition) is 1. The Balaban J connectivity index is 2.38. The number of rotatable bonds is 3. The van der Waals surface area contributed by atoms with Crippen molar-refractivity contribution in [2.24, 2.45) is 5.73 Å². The molecule has 2 nitrogen and oxygen atoms in total. The van der Waals surface area contributed by atoms with E-state index in [-0.39, 0.29) is 0 Å². The highest BCUT2D eigenvalue weighted by molar-refractivity contribution is 7.11. The van der Waals surface area contributed by atoms with Crippen LogP contribution in [0.2, 0.25) is 0 Å². The molecule has 71 valence electrons. The molecule has 0 bridgehead atoms. The third kappa shape index (κ3) is 1.69. The molecule has 2 aromatic rings. The molecule has 0 unspecified atom stereocenters. The highest BCUT2D eigenvalue weighted by atomic mass is 32.1. The number of thiophene rings is 1. The van der Waals surface area contributed by atoms with Gasteiger partial charge in [-0.05, 0) is 16.2 Å². The number of fused-ring (bicyclic) bond motifs is 1. The van der Waals surface area contributed by atoms with E-state index >= 15 is 0 Å². The summed E-state index contributed by atoms with van der Waals surface area (Å²) in [6, 6.07) is 7.61. The lowest BCUT2D eigenvalue weighted by atomic mass is 10.1. The minimum Gasteiger partial charge on any atom is -0.321 e. The second kappa shape index (κ2) is 3.90. The zero-order valence-electron chi connectivity index (χ0n) is 7.57. The third-order valence-corrected chi connectivity index (χ3v) is 3.19. The molecule has 1 aromatic carbocycles. The van der Waals surface area contributed by atoms with Crippen LogP contribution in [0.4, 0.5) is 0 Å². The van der Waals surface area contributed by atoms with E-state index in [9.17, 15) is 4.79 Å². The summed E-state index contributed by atoms with van der Waals surface area (Å²) in [5.41, 5.74) is 5.54. The number of hydrogen-bond acceptors (Lipinski definition) is 3. The fourth-order valence-electron chi connectivity index (χ4n) is 1.45. The van der Waals surface area contributed by atoms with Crippen LogP contribution in [0.5, 0.6) is 0 Å². The van der Waals surface area contributed by atoms with E-state index in [1.165, 1.54) is 10.8 Å². The fourth-order valence-corrected chi connectivity index (χ4v) is 2.51. The molecule has 0 fully saturated rings. The van der Waals surface area contributed by atoms with Crippen molar-refractivity contribution < 1.29 is 4.79 Å². The van der Waals surface area contributed by atoms with Gasteiger partial charge in [0.1, 0.15) is 0 Å². The third-order valence-electron chi connectivity index (χ3n) is 2.15. The Morgan fingerprint density at radius 3 is 3.00 bits per heavy atom. The summed E-state index contributed by atoms with van der Waals surface area (Å²) in [7, 11) is 0. The van der Waals surface area contributed by atoms with Crippen molar-refractivity contribution in [3.8, 4) is 0 Å². The van der Waals surface area contributed by atoms with Crippen LogP contribution in [0.15, 0.2) is 29.6 Å². The highest BCUT2D eigenvalue weighted by Gasteiger charge is 2.08. The molecule has 14 heavy (non-hydrogen) atoms. The molecule has 0 aliphatic carbocycles. The van der Waals surface area contributed by atoms with Gasteiger partial charge >= 0.3 is 0 Å². The maximum atomic E-state index is 10.3. The lowest BCUT2D eigenvalue weighted by Gasteiger charge is -2.00. The van der Waals surface area contributed by atoms with E-state index in [4.69, 9.17) is 5.73 Å². The lowest BCUT2D eigenvalue weighted by molar-refractivity contribution is 0.541. The molecule has 0 spiro atoms. The summed E-state index contributed by atoms with van der Waals surface area (Å²) >= 11 is 1.65. The molecule has 0 saturated heterocycles. The molecule has 2 N–H and O–H groups in total. The predicted molar refractivity (Wildman–Crippen MR) is 59.2 cm³/mol. The topological polar surface area (TPSA) is 43.1 Å². The maximum absolute atomic E-state index is 10.3. The van der Waals surface area contributed by atoms with Crippen molar-refractivity contribution in [3.05, 3.63) is 34.5 Å².